The zero-order valence-corrected chi connectivity index (χ0v) is 13.4. The molecular weight excluding hydrogens is 288 g/mol. The Labute approximate surface area is 129 Å². The molecule has 2 rings (SSSR count). The Hall–Kier alpha value is -1.14. The van der Waals surface area contributed by atoms with Crippen molar-refractivity contribution >= 4 is 17.8 Å². The third kappa shape index (κ3) is 4.41. The van der Waals surface area contributed by atoms with E-state index < -0.39 is 5.60 Å². The number of rotatable bonds is 5. The van der Waals surface area contributed by atoms with Crippen molar-refractivity contribution < 1.29 is 14.3 Å². The fraction of sp³-hybridized carbons (Fsp3) is 0.667. The van der Waals surface area contributed by atoms with Gasteiger partial charge in [0.1, 0.15) is 11.4 Å². The molecule has 0 aliphatic heterocycles. The molecule has 1 aliphatic rings. The molecule has 0 unspecified atom stereocenters. The Balaban J connectivity index is 1.82. The topological polar surface area (TPSA) is 74.5 Å². The van der Waals surface area contributed by atoms with Gasteiger partial charge < -0.3 is 20.2 Å². The molecule has 0 aromatic carbocycles. The molecule has 5 nitrogen and oxygen atoms in total. The minimum atomic E-state index is -1.20. The van der Waals surface area contributed by atoms with E-state index in [0.717, 1.165) is 19.3 Å². The van der Waals surface area contributed by atoms with Crippen molar-refractivity contribution in [3.63, 3.8) is 0 Å². The summed E-state index contributed by atoms with van der Waals surface area (Å²) in [6.45, 7) is 1.74. The van der Waals surface area contributed by atoms with E-state index in [-0.39, 0.29) is 18.6 Å². The zero-order chi connectivity index (χ0) is 15.3. The van der Waals surface area contributed by atoms with Gasteiger partial charge in [-0.1, -0.05) is 12.8 Å². The summed E-state index contributed by atoms with van der Waals surface area (Å²) in [6, 6.07) is 3.40. The predicted molar refractivity (Wildman–Crippen MR) is 84.4 cm³/mol. The summed E-state index contributed by atoms with van der Waals surface area (Å²) in [5, 5.41) is 16.5. The third-order valence-electron chi connectivity index (χ3n) is 3.97. The van der Waals surface area contributed by atoms with Crippen molar-refractivity contribution in [3.8, 4) is 0 Å². The van der Waals surface area contributed by atoms with E-state index in [0.29, 0.717) is 11.0 Å². The molecule has 21 heavy (non-hydrogen) atoms. The molecule has 1 saturated carbocycles. The number of nitrogens with one attached hydrogen (secondary N) is 2. The maximum atomic E-state index is 12.0. The molecule has 1 fully saturated rings. The number of amides is 2. The van der Waals surface area contributed by atoms with Crippen LogP contribution in [-0.4, -0.2) is 35.2 Å². The Morgan fingerprint density at radius 1 is 1.52 bits per heavy atom. The minimum Gasteiger partial charge on any atom is -0.466 e. The molecule has 1 aromatic rings. The lowest BCUT2D eigenvalue weighted by Gasteiger charge is -2.31. The maximum Gasteiger partial charge on any atom is 0.315 e. The summed E-state index contributed by atoms with van der Waals surface area (Å²) in [7, 11) is 0. The van der Waals surface area contributed by atoms with Gasteiger partial charge in [0.05, 0.1) is 12.8 Å². The molecule has 0 spiro atoms. The van der Waals surface area contributed by atoms with Crippen molar-refractivity contribution in [2.24, 2.45) is 0 Å². The SMILES string of the molecule is CS[C@@H]1CCCC[C@H]1NC(=O)NC[C@@](C)(O)c1ccco1. The molecular formula is C15H24N2O3S. The van der Waals surface area contributed by atoms with Gasteiger partial charge in [-0.05, 0) is 38.2 Å². The first-order valence-corrected chi connectivity index (χ1v) is 8.65. The summed E-state index contributed by atoms with van der Waals surface area (Å²) >= 11 is 1.81. The molecule has 6 heteroatoms. The van der Waals surface area contributed by atoms with Crippen LogP contribution in [0.5, 0.6) is 0 Å². The van der Waals surface area contributed by atoms with Crippen molar-refractivity contribution in [1.29, 1.82) is 0 Å². The first-order valence-electron chi connectivity index (χ1n) is 7.36. The van der Waals surface area contributed by atoms with Crippen LogP contribution in [0, 0.1) is 0 Å². The number of carbonyl (C=O) groups is 1. The van der Waals surface area contributed by atoms with E-state index in [1.807, 2.05) is 11.8 Å². The van der Waals surface area contributed by atoms with Crippen LogP contribution in [-0.2, 0) is 5.60 Å². The molecule has 0 bridgehead atoms. The van der Waals surface area contributed by atoms with Crippen LogP contribution in [0.3, 0.4) is 0 Å². The Bertz CT molecular complexity index is 448. The van der Waals surface area contributed by atoms with E-state index in [2.05, 4.69) is 16.9 Å². The van der Waals surface area contributed by atoms with Crippen LogP contribution < -0.4 is 10.6 Å². The summed E-state index contributed by atoms with van der Waals surface area (Å²) in [4.78, 5) is 12.0. The maximum absolute atomic E-state index is 12.0. The summed E-state index contributed by atoms with van der Waals surface area (Å²) in [6.07, 6.45) is 8.16. The van der Waals surface area contributed by atoms with Crippen molar-refractivity contribution in [2.75, 3.05) is 12.8 Å². The second-order valence-electron chi connectivity index (χ2n) is 5.74. The zero-order valence-electron chi connectivity index (χ0n) is 12.6. The number of urea groups is 1. The largest absolute Gasteiger partial charge is 0.466 e. The number of aliphatic hydroxyl groups is 1. The van der Waals surface area contributed by atoms with Crippen molar-refractivity contribution in [1.82, 2.24) is 10.6 Å². The van der Waals surface area contributed by atoms with Crippen LogP contribution in [0.1, 0.15) is 38.4 Å². The minimum absolute atomic E-state index is 0.114. The normalized spacial score (nSPS) is 25.1. The summed E-state index contributed by atoms with van der Waals surface area (Å²) in [5.74, 6) is 0.447. The van der Waals surface area contributed by atoms with Crippen LogP contribution in [0.2, 0.25) is 0 Å². The highest BCUT2D eigenvalue weighted by Crippen LogP contribution is 2.27. The molecule has 3 N–H and O–H groups in total. The fourth-order valence-electron chi connectivity index (χ4n) is 2.69. The monoisotopic (exact) mass is 312 g/mol. The van der Waals surface area contributed by atoms with Crippen LogP contribution >= 0.6 is 11.8 Å². The molecule has 0 saturated heterocycles. The Morgan fingerprint density at radius 2 is 2.29 bits per heavy atom. The second kappa shape index (κ2) is 7.22. The molecule has 1 heterocycles. The third-order valence-corrected chi connectivity index (χ3v) is 5.14. The van der Waals surface area contributed by atoms with Gasteiger partial charge >= 0.3 is 6.03 Å². The van der Waals surface area contributed by atoms with Crippen LogP contribution in [0.25, 0.3) is 0 Å². The predicted octanol–water partition coefficient (Wildman–Crippen LogP) is 2.46. The standard InChI is InChI=1S/C15H24N2O3S/c1-15(19,13-8-5-9-20-13)10-16-14(18)17-11-6-3-4-7-12(11)21-2/h5,8-9,11-12,19H,3-4,6-7,10H2,1-2H3,(H2,16,17,18)/t11-,12-,15-/m1/s1. The molecule has 118 valence electrons. The smallest absolute Gasteiger partial charge is 0.315 e. The average molecular weight is 312 g/mol. The van der Waals surface area contributed by atoms with Gasteiger partial charge in [0, 0.05) is 11.3 Å². The molecule has 3 atom stereocenters. The Kier molecular flexibility index (Phi) is 5.58. The van der Waals surface area contributed by atoms with E-state index in [4.69, 9.17) is 4.42 Å². The molecule has 1 aliphatic carbocycles. The second-order valence-corrected chi connectivity index (χ2v) is 6.82. The highest BCUT2D eigenvalue weighted by atomic mass is 32.2. The lowest BCUT2D eigenvalue weighted by Crippen LogP contribution is -2.50. The number of carbonyl (C=O) groups excluding carboxylic acids is 1. The molecule has 1 aromatic heterocycles. The van der Waals surface area contributed by atoms with Crippen LogP contribution in [0.4, 0.5) is 4.79 Å². The van der Waals surface area contributed by atoms with E-state index in [9.17, 15) is 9.90 Å². The van der Waals surface area contributed by atoms with Gasteiger partial charge in [-0.25, -0.2) is 4.79 Å². The van der Waals surface area contributed by atoms with Gasteiger partial charge in [0.25, 0.3) is 0 Å². The van der Waals surface area contributed by atoms with Crippen molar-refractivity contribution in [2.45, 2.75) is 49.5 Å². The number of hydrogen-bond acceptors (Lipinski definition) is 4. The average Bonchev–Trinajstić information content (AvgIpc) is 3.01. The highest BCUT2D eigenvalue weighted by molar-refractivity contribution is 7.99. The lowest BCUT2D eigenvalue weighted by atomic mass is 9.95. The first-order chi connectivity index (χ1) is 10.0. The Morgan fingerprint density at radius 3 is 2.95 bits per heavy atom. The number of thioether (sulfide) groups is 1. The van der Waals surface area contributed by atoms with E-state index in [1.165, 1.54) is 12.7 Å². The van der Waals surface area contributed by atoms with Crippen molar-refractivity contribution in [3.05, 3.63) is 24.2 Å². The lowest BCUT2D eigenvalue weighted by molar-refractivity contribution is 0.0366. The van der Waals surface area contributed by atoms with Gasteiger partial charge in [-0.3, -0.25) is 0 Å². The quantitative estimate of drug-likeness (QED) is 0.781. The highest BCUT2D eigenvalue weighted by Gasteiger charge is 2.29. The molecule has 2 amide bonds. The fourth-order valence-corrected chi connectivity index (χ4v) is 3.62. The summed E-state index contributed by atoms with van der Waals surface area (Å²) in [5.41, 5.74) is -1.20. The summed E-state index contributed by atoms with van der Waals surface area (Å²) < 4.78 is 5.19. The molecule has 0 radical (unpaired) electrons. The number of furan rings is 1. The van der Waals surface area contributed by atoms with Gasteiger partial charge in [-0.15, -0.1) is 0 Å². The van der Waals surface area contributed by atoms with Crippen LogP contribution in [0.15, 0.2) is 22.8 Å². The van der Waals surface area contributed by atoms with Gasteiger partial charge in [-0.2, -0.15) is 11.8 Å². The van der Waals surface area contributed by atoms with E-state index >= 15 is 0 Å². The van der Waals surface area contributed by atoms with Gasteiger partial charge in [0.15, 0.2) is 0 Å². The first kappa shape index (κ1) is 16.2. The van der Waals surface area contributed by atoms with Gasteiger partial charge in [0.2, 0.25) is 0 Å². The number of hydrogen-bond donors (Lipinski definition) is 3. The van der Waals surface area contributed by atoms with E-state index in [1.54, 1.807) is 19.1 Å².